The Balaban J connectivity index is 2.36. The maximum Gasteiger partial charge on any atom is 0.205 e. The molecule has 0 radical (unpaired) electrons. The van der Waals surface area contributed by atoms with E-state index >= 15 is 0 Å². The zero-order chi connectivity index (χ0) is 9.09. The first-order valence-electron chi connectivity index (χ1n) is 4.60. The summed E-state index contributed by atoms with van der Waals surface area (Å²) in [6.07, 6.45) is 0.955. The summed E-state index contributed by atoms with van der Waals surface area (Å²) in [6, 6.07) is 0. The van der Waals surface area contributed by atoms with Gasteiger partial charge < -0.3 is 0 Å². The molecular weight excluding hydrogens is 152 g/mol. The zero-order valence-electron chi connectivity index (χ0n) is 7.76. The molecule has 66 valence electrons. The number of fused-ring (bicyclic) bond motifs is 1. The van der Waals surface area contributed by atoms with Crippen molar-refractivity contribution in [2.24, 2.45) is 23.2 Å². The van der Waals surface area contributed by atoms with Crippen LogP contribution >= 0.6 is 0 Å². The van der Waals surface area contributed by atoms with Crippen LogP contribution in [0.5, 0.6) is 0 Å². The van der Waals surface area contributed by atoms with Crippen LogP contribution < -0.4 is 0 Å². The van der Waals surface area contributed by atoms with Gasteiger partial charge in [-0.05, 0) is 18.3 Å². The summed E-state index contributed by atoms with van der Waals surface area (Å²) in [6.45, 7) is 5.98. The summed E-state index contributed by atoms with van der Waals surface area (Å²) < 4.78 is 0. The van der Waals surface area contributed by atoms with Crippen molar-refractivity contribution in [3.63, 3.8) is 0 Å². The van der Waals surface area contributed by atoms with Crippen LogP contribution in [0.15, 0.2) is 0 Å². The van der Waals surface area contributed by atoms with Gasteiger partial charge in [0.25, 0.3) is 0 Å². The Morgan fingerprint density at radius 2 is 2.00 bits per heavy atom. The quantitative estimate of drug-likeness (QED) is 0.552. The van der Waals surface area contributed by atoms with Gasteiger partial charge in [0.15, 0.2) is 0 Å². The van der Waals surface area contributed by atoms with Crippen LogP contribution in [0.3, 0.4) is 0 Å². The van der Waals surface area contributed by atoms with Gasteiger partial charge >= 0.3 is 0 Å². The van der Waals surface area contributed by atoms with E-state index in [-0.39, 0.29) is 22.9 Å². The summed E-state index contributed by atoms with van der Waals surface area (Å²) in [5.74, 6) is 0.497. The average molecular weight is 166 g/mol. The predicted octanol–water partition coefficient (Wildman–Crippen LogP) is 1.44. The van der Waals surface area contributed by atoms with E-state index in [2.05, 4.69) is 0 Å². The Morgan fingerprint density at radius 1 is 1.42 bits per heavy atom. The molecule has 0 aromatic carbocycles. The molecule has 0 amide bonds. The third kappa shape index (κ3) is 0.621. The Hall–Kier alpha value is -0.660. The summed E-state index contributed by atoms with van der Waals surface area (Å²) in [5, 5.41) is 0. The van der Waals surface area contributed by atoms with Crippen molar-refractivity contribution in [3.05, 3.63) is 0 Å². The van der Waals surface area contributed by atoms with Crippen LogP contribution in [-0.2, 0) is 9.59 Å². The molecule has 2 aliphatic rings. The Morgan fingerprint density at radius 3 is 2.25 bits per heavy atom. The highest BCUT2D eigenvalue weighted by Gasteiger charge is 2.71. The topological polar surface area (TPSA) is 34.1 Å². The summed E-state index contributed by atoms with van der Waals surface area (Å²) in [5.41, 5.74) is -0.226. The molecule has 2 saturated carbocycles. The van der Waals surface area contributed by atoms with E-state index in [4.69, 9.17) is 0 Å². The van der Waals surface area contributed by atoms with Gasteiger partial charge in [-0.25, -0.2) is 0 Å². The fraction of sp³-hybridized carbons (Fsp3) is 0.800. The van der Waals surface area contributed by atoms with E-state index in [9.17, 15) is 9.59 Å². The monoisotopic (exact) mass is 166 g/mol. The molecule has 0 aliphatic heterocycles. The number of carbonyl (C=O) groups is 2. The number of hydrogen-bond acceptors (Lipinski definition) is 2. The molecule has 0 heterocycles. The van der Waals surface area contributed by atoms with Crippen molar-refractivity contribution >= 4 is 11.6 Å². The van der Waals surface area contributed by atoms with Crippen LogP contribution in [-0.4, -0.2) is 11.6 Å². The molecule has 2 nitrogen and oxygen atoms in total. The van der Waals surface area contributed by atoms with Crippen molar-refractivity contribution in [1.82, 2.24) is 0 Å². The van der Waals surface area contributed by atoms with Crippen LogP contribution in [0.25, 0.3) is 0 Å². The maximum atomic E-state index is 11.6. The van der Waals surface area contributed by atoms with Gasteiger partial charge in [0.2, 0.25) is 11.6 Å². The molecule has 0 saturated heterocycles. The number of rotatable bonds is 1. The highest BCUT2D eigenvalue weighted by Crippen LogP contribution is 2.66. The number of hydrogen-bond donors (Lipinski definition) is 0. The van der Waals surface area contributed by atoms with Crippen LogP contribution in [0.2, 0.25) is 0 Å². The molecule has 2 fully saturated rings. The minimum Gasteiger partial charge on any atom is -0.291 e. The lowest BCUT2D eigenvalue weighted by molar-refractivity contribution is -0.139. The zero-order valence-corrected chi connectivity index (χ0v) is 7.76. The predicted molar refractivity (Wildman–Crippen MR) is 44.6 cm³/mol. The molecule has 2 rings (SSSR count). The average Bonchev–Trinajstić information content (AvgIpc) is 2.71. The third-order valence-electron chi connectivity index (χ3n) is 3.75. The first-order chi connectivity index (χ1) is 5.51. The van der Waals surface area contributed by atoms with Crippen molar-refractivity contribution in [2.45, 2.75) is 27.2 Å². The molecule has 0 spiro atoms. The molecule has 0 bridgehead atoms. The first-order valence-corrected chi connectivity index (χ1v) is 4.60. The fourth-order valence-electron chi connectivity index (χ4n) is 2.73. The smallest absolute Gasteiger partial charge is 0.205 e. The van der Waals surface area contributed by atoms with E-state index in [0.29, 0.717) is 11.8 Å². The standard InChI is InChI=1S/C10H14O2/c1-5(2)10-4-7(10)6(3)8(11)9(10)12/h5-7H,4H2,1-3H3/t6-,7-,10+/m1/s1. The molecule has 12 heavy (non-hydrogen) atoms. The number of Topliss-reactive ketones (excluding diaryl/α,β-unsaturated/α-hetero) is 2. The van der Waals surface area contributed by atoms with E-state index in [0.717, 1.165) is 6.42 Å². The number of carbonyl (C=O) groups excluding carboxylic acids is 2. The molecule has 0 unspecified atom stereocenters. The second kappa shape index (κ2) is 1.98. The number of ketones is 2. The van der Waals surface area contributed by atoms with Gasteiger partial charge in [-0.15, -0.1) is 0 Å². The summed E-state index contributed by atoms with van der Waals surface area (Å²) in [7, 11) is 0. The second-order valence-electron chi connectivity index (χ2n) is 4.49. The molecule has 2 heteroatoms. The molecule has 2 aliphatic carbocycles. The van der Waals surface area contributed by atoms with Crippen LogP contribution in [0, 0.1) is 23.2 Å². The van der Waals surface area contributed by atoms with Gasteiger partial charge in [-0.3, -0.25) is 9.59 Å². The lowest BCUT2D eigenvalue weighted by Gasteiger charge is -2.13. The molecule has 3 atom stereocenters. The van der Waals surface area contributed by atoms with Crippen molar-refractivity contribution < 1.29 is 9.59 Å². The first kappa shape index (κ1) is 7.96. The van der Waals surface area contributed by atoms with Crippen LogP contribution in [0.4, 0.5) is 0 Å². The highest BCUT2D eigenvalue weighted by atomic mass is 16.2. The van der Waals surface area contributed by atoms with Gasteiger partial charge in [-0.2, -0.15) is 0 Å². The Kier molecular flexibility index (Phi) is 1.31. The van der Waals surface area contributed by atoms with E-state index < -0.39 is 0 Å². The Bertz CT molecular complexity index is 267. The van der Waals surface area contributed by atoms with Gasteiger partial charge in [0.1, 0.15) is 0 Å². The van der Waals surface area contributed by atoms with E-state index in [1.807, 2.05) is 20.8 Å². The third-order valence-corrected chi connectivity index (χ3v) is 3.75. The molecule has 0 N–H and O–H groups in total. The molecule has 0 aromatic rings. The Labute approximate surface area is 72.3 Å². The van der Waals surface area contributed by atoms with E-state index in [1.54, 1.807) is 0 Å². The molecule has 0 aromatic heterocycles. The van der Waals surface area contributed by atoms with Gasteiger partial charge in [0, 0.05) is 11.3 Å². The lowest BCUT2D eigenvalue weighted by atomic mass is 9.89. The largest absolute Gasteiger partial charge is 0.291 e. The van der Waals surface area contributed by atoms with Crippen molar-refractivity contribution in [3.8, 4) is 0 Å². The minimum absolute atomic E-state index is 0.0000926. The van der Waals surface area contributed by atoms with Crippen LogP contribution in [0.1, 0.15) is 27.2 Å². The van der Waals surface area contributed by atoms with Crippen molar-refractivity contribution in [2.75, 3.05) is 0 Å². The maximum absolute atomic E-state index is 11.6. The normalized spacial score (nSPS) is 45.3. The SMILES string of the molecule is CC(C)[C@@]12C[C@@H]1[C@@H](C)C(=O)C2=O. The van der Waals surface area contributed by atoms with Gasteiger partial charge in [-0.1, -0.05) is 20.8 Å². The summed E-state index contributed by atoms with van der Waals surface area (Å²) in [4.78, 5) is 22.9. The second-order valence-corrected chi connectivity index (χ2v) is 4.49. The van der Waals surface area contributed by atoms with Crippen molar-refractivity contribution in [1.29, 1.82) is 0 Å². The summed E-state index contributed by atoms with van der Waals surface area (Å²) >= 11 is 0. The minimum atomic E-state index is -0.226. The van der Waals surface area contributed by atoms with Gasteiger partial charge in [0.05, 0.1) is 0 Å². The molecular formula is C10H14O2. The van der Waals surface area contributed by atoms with E-state index in [1.165, 1.54) is 0 Å². The fourth-order valence-corrected chi connectivity index (χ4v) is 2.73. The highest BCUT2D eigenvalue weighted by molar-refractivity contribution is 6.43. The lowest BCUT2D eigenvalue weighted by Crippen LogP contribution is -2.25.